The zero-order valence-corrected chi connectivity index (χ0v) is 16.0. The van der Waals surface area contributed by atoms with Gasteiger partial charge in [0.1, 0.15) is 6.33 Å². The van der Waals surface area contributed by atoms with Crippen molar-refractivity contribution in [3.63, 3.8) is 0 Å². The van der Waals surface area contributed by atoms with Gasteiger partial charge in [-0.2, -0.15) is 18.3 Å². The van der Waals surface area contributed by atoms with Crippen molar-refractivity contribution in [2.24, 2.45) is 0 Å². The predicted molar refractivity (Wildman–Crippen MR) is 103 cm³/mol. The molecule has 9 heteroatoms. The van der Waals surface area contributed by atoms with Gasteiger partial charge in [-0.15, -0.1) is 0 Å². The number of alkyl halides is 3. The molecule has 30 heavy (non-hydrogen) atoms. The first kappa shape index (κ1) is 20.1. The first-order chi connectivity index (χ1) is 14.4. The summed E-state index contributed by atoms with van der Waals surface area (Å²) in [6, 6.07) is 6.46. The Morgan fingerprint density at radius 2 is 1.93 bits per heavy atom. The Hall–Kier alpha value is -3.23. The van der Waals surface area contributed by atoms with E-state index < -0.39 is 17.6 Å². The maximum Gasteiger partial charge on any atom is 0.416 e. The summed E-state index contributed by atoms with van der Waals surface area (Å²) in [5.74, 6) is -0.477. The summed E-state index contributed by atoms with van der Waals surface area (Å²) in [4.78, 5) is 20.5. The maximum absolute atomic E-state index is 12.9. The van der Waals surface area contributed by atoms with Crippen LogP contribution >= 0.6 is 0 Å². The fourth-order valence-corrected chi connectivity index (χ4v) is 3.72. The van der Waals surface area contributed by atoms with Crippen LogP contribution in [0.1, 0.15) is 47.6 Å². The SMILES string of the molecule is O=C(NC1CCC(n2cc(-c3ccncn3)cn2)CC1)c1cccc(C(F)(F)F)c1. The molecule has 1 saturated carbocycles. The Bertz CT molecular complexity index is 1010. The monoisotopic (exact) mass is 415 g/mol. The number of nitrogens with zero attached hydrogens (tertiary/aromatic N) is 4. The van der Waals surface area contributed by atoms with Crippen molar-refractivity contribution >= 4 is 5.91 Å². The molecule has 0 atom stereocenters. The second-order valence-electron chi connectivity index (χ2n) is 7.36. The summed E-state index contributed by atoms with van der Waals surface area (Å²) >= 11 is 0. The van der Waals surface area contributed by atoms with Crippen molar-refractivity contribution in [3.8, 4) is 11.3 Å². The van der Waals surface area contributed by atoms with E-state index in [4.69, 9.17) is 0 Å². The van der Waals surface area contributed by atoms with E-state index in [9.17, 15) is 18.0 Å². The van der Waals surface area contributed by atoms with Crippen molar-refractivity contribution in [1.29, 1.82) is 0 Å². The first-order valence-electron chi connectivity index (χ1n) is 9.69. The predicted octanol–water partition coefficient (Wildman–Crippen LogP) is 4.27. The number of benzene rings is 1. The van der Waals surface area contributed by atoms with Crippen LogP contribution in [0.5, 0.6) is 0 Å². The van der Waals surface area contributed by atoms with Crippen LogP contribution in [-0.4, -0.2) is 31.7 Å². The maximum atomic E-state index is 12.9. The quantitative estimate of drug-likeness (QED) is 0.691. The van der Waals surface area contributed by atoms with Crippen molar-refractivity contribution < 1.29 is 18.0 Å². The number of halogens is 3. The molecular formula is C21H20F3N5O. The van der Waals surface area contributed by atoms with E-state index in [0.29, 0.717) is 0 Å². The second kappa shape index (κ2) is 8.25. The first-order valence-corrected chi connectivity index (χ1v) is 9.69. The van der Waals surface area contributed by atoms with Crippen LogP contribution in [0.15, 0.2) is 55.2 Å². The molecule has 4 rings (SSSR count). The molecule has 0 aliphatic heterocycles. The van der Waals surface area contributed by atoms with Crippen molar-refractivity contribution in [2.75, 3.05) is 0 Å². The number of amides is 1. The van der Waals surface area contributed by atoms with Gasteiger partial charge in [0.25, 0.3) is 5.91 Å². The second-order valence-corrected chi connectivity index (χ2v) is 7.36. The van der Waals surface area contributed by atoms with Gasteiger partial charge in [-0.05, 0) is 49.9 Å². The fourth-order valence-electron chi connectivity index (χ4n) is 3.72. The van der Waals surface area contributed by atoms with Crippen LogP contribution in [0, 0.1) is 0 Å². The minimum atomic E-state index is -4.47. The minimum Gasteiger partial charge on any atom is -0.349 e. The molecule has 1 aromatic carbocycles. The van der Waals surface area contributed by atoms with Gasteiger partial charge in [0, 0.05) is 29.6 Å². The third-order valence-electron chi connectivity index (χ3n) is 5.34. The highest BCUT2D eigenvalue weighted by molar-refractivity contribution is 5.94. The standard InChI is InChI=1S/C21H20F3N5O/c22-21(23,24)16-3-1-2-14(10-16)20(30)28-17-4-6-18(7-5-17)29-12-15(11-27-29)19-8-9-25-13-26-19/h1-3,8-13,17-18H,4-7H2,(H,28,30). The normalized spacial score (nSPS) is 19.4. The Balaban J connectivity index is 1.34. The third-order valence-corrected chi connectivity index (χ3v) is 5.34. The number of hydrogen-bond acceptors (Lipinski definition) is 4. The van der Waals surface area contributed by atoms with Crippen LogP contribution in [0.25, 0.3) is 11.3 Å². The van der Waals surface area contributed by atoms with Crippen LogP contribution < -0.4 is 5.32 Å². The van der Waals surface area contributed by atoms with Gasteiger partial charge in [0.05, 0.1) is 23.5 Å². The number of hydrogen-bond donors (Lipinski definition) is 1. The number of carbonyl (C=O) groups is 1. The lowest BCUT2D eigenvalue weighted by Gasteiger charge is -2.29. The molecule has 0 saturated heterocycles. The van der Waals surface area contributed by atoms with E-state index in [2.05, 4.69) is 20.4 Å². The zero-order valence-electron chi connectivity index (χ0n) is 16.0. The summed E-state index contributed by atoms with van der Waals surface area (Å²) in [5.41, 5.74) is 0.918. The van der Waals surface area contributed by atoms with Crippen molar-refractivity contribution in [3.05, 3.63) is 66.4 Å². The molecule has 6 nitrogen and oxygen atoms in total. The summed E-state index contributed by atoms with van der Waals surface area (Å²) in [6.07, 6.45) is 5.52. The molecule has 156 valence electrons. The number of aromatic nitrogens is 4. The van der Waals surface area contributed by atoms with E-state index in [1.165, 1.54) is 18.5 Å². The molecule has 2 heterocycles. The van der Waals surface area contributed by atoms with Gasteiger partial charge in [-0.3, -0.25) is 9.48 Å². The Morgan fingerprint density at radius 3 is 2.63 bits per heavy atom. The van der Waals surface area contributed by atoms with Crippen LogP contribution in [-0.2, 0) is 6.18 Å². The molecule has 1 aliphatic carbocycles. The highest BCUT2D eigenvalue weighted by Crippen LogP contribution is 2.31. The van der Waals surface area contributed by atoms with Gasteiger partial charge in [-0.1, -0.05) is 6.07 Å². The van der Waals surface area contributed by atoms with E-state index >= 15 is 0 Å². The largest absolute Gasteiger partial charge is 0.416 e. The van der Waals surface area contributed by atoms with E-state index in [0.717, 1.165) is 49.1 Å². The summed E-state index contributed by atoms with van der Waals surface area (Å²) in [7, 11) is 0. The molecule has 0 radical (unpaired) electrons. The summed E-state index contributed by atoms with van der Waals surface area (Å²) in [5, 5.41) is 7.31. The summed E-state index contributed by atoms with van der Waals surface area (Å²) < 4.78 is 40.5. The van der Waals surface area contributed by atoms with Gasteiger partial charge >= 0.3 is 6.18 Å². The van der Waals surface area contributed by atoms with Crippen molar-refractivity contribution in [1.82, 2.24) is 25.1 Å². The van der Waals surface area contributed by atoms with Gasteiger partial charge < -0.3 is 5.32 Å². The third kappa shape index (κ3) is 4.50. The molecule has 2 aromatic heterocycles. The van der Waals surface area contributed by atoms with Gasteiger partial charge in [-0.25, -0.2) is 9.97 Å². The molecule has 3 aromatic rings. The number of rotatable bonds is 4. The highest BCUT2D eigenvalue weighted by Gasteiger charge is 2.31. The summed E-state index contributed by atoms with van der Waals surface area (Å²) in [6.45, 7) is 0. The zero-order chi connectivity index (χ0) is 21.1. The molecule has 1 aliphatic rings. The van der Waals surface area contributed by atoms with E-state index in [1.807, 2.05) is 16.9 Å². The molecular weight excluding hydrogens is 395 g/mol. The van der Waals surface area contributed by atoms with Gasteiger partial charge in [0.2, 0.25) is 0 Å². The van der Waals surface area contributed by atoms with E-state index in [1.54, 1.807) is 12.4 Å². The number of carbonyl (C=O) groups excluding carboxylic acids is 1. The minimum absolute atomic E-state index is 0.0218. The highest BCUT2D eigenvalue weighted by atomic mass is 19.4. The molecule has 1 N–H and O–H groups in total. The molecule has 0 spiro atoms. The van der Waals surface area contributed by atoms with Crippen LogP contribution in [0.4, 0.5) is 13.2 Å². The lowest BCUT2D eigenvalue weighted by molar-refractivity contribution is -0.137. The van der Waals surface area contributed by atoms with Crippen LogP contribution in [0.3, 0.4) is 0 Å². The van der Waals surface area contributed by atoms with Crippen LogP contribution in [0.2, 0.25) is 0 Å². The van der Waals surface area contributed by atoms with E-state index in [-0.39, 0.29) is 17.6 Å². The molecule has 1 fully saturated rings. The average molecular weight is 415 g/mol. The average Bonchev–Trinajstić information content (AvgIpc) is 3.25. The fraction of sp³-hybridized carbons (Fsp3) is 0.333. The lowest BCUT2D eigenvalue weighted by atomic mass is 9.91. The van der Waals surface area contributed by atoms with Gasteiger partial charge in [0.15, 0.2) is 0 Å². The smallest absolute Gasteiger partial charge is 0.349 e. The molecule has 0 unspecified atom stereocenters. The Kier molecular flexibility index (Phi) is 5.52. The molecule has 1 amide bonds. The number of nitrogens with one attached hydrogen (secondary N) is 1. The van der Waals surface area contributed by atoms with Crippen molar-refractivity contribution in [2.45, 2.75) is 43.9 Å². The Morgan fingerprint density at radius 1 is 1.13 bits per heavy atom. The lowest BCUT2D eigenvalue weighted by Crippen LogP contribution is -2.38. The molecule has 0 bridgehead atoms. The Labute approximate surface area is 171 Å². The topological polar surface area (TPSA) is 72.7 Å².